The average molecular weight is 264 g/mol. The predicted octanol–water partition coefficient (Wildman–Crippen LogP) is 2.48. The van der Waals surface area contributed by atoms with Crippen molar-refractivity contribution in [1.82, 2.24) is 5.32 Å². The normalized spacial score (nSPS) is 12.9. The lowest BCUT2D eigenvalue weighted by molar-refractivity contribution is -0.126. The van der Waals surface area contributed by atoms with Crippen LogP contribution in [-0.4, -0.2) is 10.9 Å². The Morgan fingerprint density at radius 2 is 1.83 bits per heavy atom. The number of aryl methyl sites for hydroxylation is 1. The Bertz CT molecular complexity index is 451. The van der Waals surface area contributed by atoms with Crippen LogP contribution in [0.25, 0.3) is 0 Å². The highest BCUT2D eigenvalue weighted by molar-refractivity contribution is 7.80. The molecule has 0 radical (unpaired) electrons. The van der Waals surface area contributed by atoms with Crippen molar-refractivity contribution in [3.8, 4) is 0 Å². The second-order valence-electron chi connectivity index (χ2n) is 5.10. The molecular weight excluding hydrogens is 244 g/mol. The highest BCUT2D eigenvalue weighted by atomic mass is 32.1. The largest absolute Gasteiger partial charge is 0.392 e. The van der Waals surface area contributed by atoms with Gasteiger partial charge in [-0.1, -0.05) is 42.0 Å². The topological polar surface area (TPSA) is 55.1 Å². The first kappa shape index (κ1) is 14.6. The van der Waals surface area contributed by atoms with Gasteiger partial charge in [0.15, 0.2) is 0 Å². The molecule has 1 aromatic carbocycles. The van der Waals surface area contributed by atoms with E-state index in [1.54, 1.807) is 13.8 Å². The molecule has 1 atom stereocenters. The molecular formula is C14H20N2OS. The maximum atomic E-state index is 12.1. The van der Waals surface area contributed by atoms with Crippen LogP contribution in [0.4, 0.5) is 0 Å². The summed E-state index contributed by atoms with van der Waals surface area (Å²) in [5, 5.41) is 2.93. The SMILES string of the molecule is Cc1ccc(C(C)NC(=O)C(C)(C)C(N)=S)cc1. The monoisotopic (exact) mass is 264 g/mol. The van der Waals surface area contributed by atoms with Crippen LogP contribution < -0.4 is 11.1 Å². The van der Waals surface area contributed by atoms with Crippen molar-refractivity contribution in [2.45, 2.75) is 33.7 Å². The summed E-state index contributed by atoms with van der Waals surface area (Å²) in [5.41, 5.74) is 7.01. The van der Waals surface area contributed by atoms with Gasteiger partial charge in [0.1, 0.15) is 0 Å². The van der Waals surface area contributed by atoms with E-state index in [9.17, 15) is 4.79 Å². The van der Waals surface area contributed by atoms with Crippen molar-refractivity contribution in [3.63, 3.8) is 0 Å². The molecule has 98 valence electrons. The number of rotatable bonds is 4. The first-order chi connectivity index (χ1) is 8.25. The number of benzene rings is 1. The van der Waals surface area contributed by atoms with E-state index in [0.717, 1.165) is 5.56 Å². The molecule has 3 nitrogen and oxygen atoms in total. The Morgan fingerprint density at radius 3 is 2.28 bits per heavy atom. The van der Waals surface area contributed by atoms with E-state index in [-0.39, 0.29) is 16.9 Å². The molecule has 1 aromatic rings. The summed E-state index contributed by atoms with van der Waals surface area (Å²) in [5.74, 6) is -0.150. The highest BCUT2D eigenvalue weighted by Gasteiger charge is 2.31. The molecule has 0 heterocycles. The highest BCUT2D eigenvalue weighted by Crippen LogP contribution is 2.19. The molecule has 1 rings (SSSR count). The number of carbonyl (C=O) groups excluding carboxylic acids is 1. The maximum absolute atomic E-state index is 12.1. The quantitative estimate of drug-likeness (QED) is 0.821. The van der Waals surface area contributed by atoms with Gasteiger partial charge in [0, 0.05) is 0 Å². The van der Waals surface area contributed by atoms with Crippen molar-refractivity contribution in [3.05, 3.63) is 35.4 Å². The Morgan fingerprint density at radius 1 is 1.33 bits per heavy atom. The maximum Gasteiger partial charge on any atom is 0.232 e. The molecule has 0 saturated carbocycles. The molecule has 18 heavy (non-hydrogen) atoms. The van der Waals surface area contributed by atoms with Gasteiger partial charge >= 0.3 is 0 Å². The lowest BCUT2D eigenvalue weighted by Gasteiger charge is -2.25. The fraction of sp³-hybridized carbons (Fsp3) is 0.429. The van der Waals surface area contributed by atoms with E-state index in [2.05, 4.69) is 5.32 Å². The third-order valence-corrected chi connectivity index (χ3v) is 3.62. The van der Waals surface area contributed by atoms with Gasteiger partial charge in [-0.15, -0.1) is 0 Å². The average Bonchev–Trinajstić information content (AvgIpc) is 2.29. The van der Waals surface area contributed by atoms with Crippen molar-refractivity contribution in [1.29, 1.82) is 0 Å². The van der Waals surface area contributed by atoms with E-state index in [4.69, 9.17) is 18.0 Å². The zero-order valence-electron chi connectivity index (χ0n) is 11.3. The van der Waals surface area contributed by atoms with Gasteiger partial charge in [0.05, 0.1) is 16.4 Å². The fourth-order valence-electron chi connectivity index (χ4n) is 1.43. The summed E-state index contributed by atoms with van der Waals surface area (Å²) in [7, 11) is 0. The van der Waals surface area contributed by atoms with Crippen molar-refractivity contribution in [2.75, 3.05) is 0 Å². The molecule has 0 bridgehead atoms. The van der Waals surface area contributed by atoms with Gasteiger partial charge in [0.2, 0.25) is 5.91 Å². The van der Waals surface area contributed by atoms with Gasteiger partial charge in [-0.3, -0.25) is 4.79 Å². The summed E-state index contributed by atoms with van der Waals surface area (Å²) >= 11 is 4.91. The lowest BCUT2D eigenvalue weighted by atomic mass is 9.91. The van der Waals surface area contributed by atoms with Crippen LogP contribution >= 0.6 is 12.2 Å². The minimum Gasteiger partial charge on any atom is -0.392 e. The van der Waals surface area contributed by atoms with Crippen LogP contribution in [0.3, 0.4) is 0 Å². The Kier molecular flexibility index (Phi) is 4.46. The molecule has 1 unspecified atom stereocenters. The summed E-state index contributed by atoms with van der Waals surface area (Å²) in [6, 6.07) is 8.00. The molecule has 0 aliphatic heterocycles. The second kappa shape index (κ2) is 5.48. The fourth-order valence-corrected chi connectivity index (χ4v) is 1.52. The van der Waals surface area contributed by atoms with Crippen LogP contribution in [0.2, 0.25) is 0 Å². The molecule has 0 saturated heterocycles. The second-order valence-corrected chi connectivity index (χ2v) is 5.53. The summed E-state index contributed by atoms with van der Waals surface area (Å²) < 4.78 is 0. The Hall–Kier alpha value is -1.42. The number of hydrogen-bond acceptors (Lipinski definition) is 2. The minimum absolute atomic E-state index is 0.0632. The molecule has 0 aliphatic carbocycles. The van der Waals surface area contributed by atoms with Gasteiger partial charge < -0.3 is 11.1 Å². The predicted molar refractivity (Wildman–Crippen MR) is 78.3 cm³/mol. The molecule has 0 aromatic heterocycles. The van der Waals surface area contributed by atoms with E-state index in [0.29, 0.717) is 0 Å². The van der Waals surface area contributed by atoms with Crippen LogP contribution in [0.15, 0.2) is 24.3 Å². The third-order valence-electron chi connectivity index (χ3n) is 3.11. The zero-order valence-corrected chi connectivity index (χ0v) is 12.1. The summed E-state index contributed by atoms with van der Waals surface area (Å²) in [6.45, 7) is 7.43. The van der Waals surface area contributed by atoms with Crippen LogP contribution in [0.5, 0.6) is 0 Å². The van der Waals surface area contributed by atoms with Crippen LogP contribution in [0.1, 0.15) is 37.9 Å². The zero-order chi connectivity index (χ0) is 13.9. The van der Waals surface area contributed by atoms with Gasteiger partial charge in [-0.2, -0.15) is 0 Å². The summed E-state index contributed by atoms with van der Waals surface area (Å²) in [4.78, 5) is 12.3. The number of carbonyl (C=O) groups is 1. The smallest absolute Gasteiger partial charge is 0.232 e. The van der Waals surface area contributed by atoms with E-state index >= 15 is 0 Å². The van der Waals surface area contributed by atoms with Crippen LogP contribution in [-0.2, 0) is 4.79 Å². The summed E-state index contributed by atoms with van der Waals surface area (Å²) in [6.07, 6.45) is 0. The number of thiocarbonyl (C=S) groups is 1. The Balaban J connectivity index is 2.76. The number of hydrogen-bond donors (Lipinski definition) is 2. The van der Waals surface area contributed by atoms with Gasteiger partial charge in [-0.25, -0.2) is 0 Å². The lowest BCUT2D eigenvalue weighted by Crippen LogP contribution is -2.45. The van der Waals surface area contributed by atoms with E-state index in [1.807, 2.05) is 38.1 Å². The first-order valence-corrected chi connectivity index (χ1v) is 6.33. The van der Waals surface area contributed by atoms with Crippen LogP contribution in [0, 0.1) is 12.3 Å². The van der Waals surface area contributed by atoms with Crippen molar-refractivity contribution in [2.24, 2.45) is 11.1 Å². The molecule has 4 heteroatoms. The van der Waals surface area contributed by atoms with Gasteiger partial charge in [0.25, 0.3) is 0 Å². The third kappa shape index (κ3) is 3.29. The molecule has 0 spiro atoms. The minimum atomic E-state index is -0.825. The number of amides is 1. The van der Waals surface area contributed by atoms with Gasteiger partial charge in [-0.05, 0) is 33.3 Å². The number of nitrogens with two attached hydrogens (primary N) is 1. The van der Waals surface area contributed by atoms with Crippen molar-refractivity contribution < 1.29 is 4.79 Å². The molecule has 1 amide bonds. The molecule has 0 fully saturated rings. The number of nitrogens with one attached hydrogen (secondary N) is 1. The van der Waals surface area contributed by atoms with Crippen molar-refractivity contribution >= 4 is 23.1 Å². The van der Waals surface area contributed by atoms with E-state index in [1.165, 1.54) is 5.56 Å². The Labute approximate surface area is 114 Å². The standard InChI is InChI=1S/C14H20N2OS/c1-9-5-7-11(8-6-9)10(2)16-13(17)14(3,4)12(15)18/h5-8,10H,1-4H3,(H2,15,18)(H,16,17). The first-order valence-electron chi connectivity index (χ1n) is 5.92. The molecule has 3 N–H and O–H groups in total. The van der Waals surface area contributed by atoms with E-state index < -0.39 is 5.41 Å². The molecule has 0 aliphatic rings.